The van der Waals surface area contributed by atoms with Crippen LogP contribution in [0, 0.1) is 11.3 Å². The van der Waals surface area contributed by atoms with E-state index in [9.17, 15) is 8.42 Å². The largest absolute Gasteiger partial charge is 0.494 e. The van der Waals surface area contributed by atoms with Gasteiger partial charge in [0, 0.05) is 37.9 Å². The number of fused-ring (bicyclic) bond motifs is 1. The lowest BCUT2D eigenvalue weighted by Crippen LogP contribution is -2.40. The molecule has 2 fully saturated rings. The predicted octanol–water partition coefficient (Wildman–Crippen LogP) is 1.62. The Morgan fingerprint density at radius 2 is 2.11 bits per heavy atom. The molecule has 0 amide bonds. The number of hydrogen-bond acceptors (Lipinski definition) is 6. The van der Waals surface area contributed by atoms with Crippen LogP contribution in [0.2, 0.25) is 0 Å². The van der Waals surface area contributed by atoms with Crippen molar-refractivity contribution >= 4 is 20.9 Å². The maximum Gasteiger partial charge on any atom is 0.243 e. The van der Waals surface area contributed by atoms with Gasteiger partial charge in [0.1, 0.15) is 11.3 Å². The van der Waals surface area contributed by atoms with Gasteiger partial charge in [-0.2, -0.15) is 4.31 Å². The summed E-state index contributed by atoms with van der Waals surface area (Å²) < 4.78 is 39.5. The van der Waals surface area contributed by atoms with E-state index in [0.717, 1.165) is 12.8 Å². The Morgan fingerprint density at radius 3 is 2.81 bits per heavy atom. The van der Waals surface area contributed by atoms with E-state index in [-0.39, 0.29) is 16.2 Å². The van der Waals surface area contributed by atoms with Gasteiger partial charge in [-0.15, -0.1) is 0 Å². The van der Waals surface area contributed by atoms with Crippen molar-refractivity contribution in [3.8, 4) is 5.75 Å². The monoisotopic (exact) mass is 391 g/mol. The fraction of sp³-hybridized carbons (Fsp3) is 0.526. The molecule has 1 aromatic carbocycles. The summed E-state index contributed by atoms with van der Waals surface area (Å²) in [5.41, 5.74) is 6.49. The highest BCUT2D eigenvalue weighted by atomic mass is 32.2. The molecule has 2 N–H and O–H groups in total. The van der Waals surface area contributed by atoms with Gasteiger partial charge in [-0.25, -0.2) is 8.42 Å². The van der Waals surface area contributed by atoms with Crippen molar-refractivity contribution in [2.24, 2.45) is 17.1 Å². The summed E-state index contributed by atoms with van der Waals surface area (Å²) in [5.74, 6) is 0.713. The van der Waals surface area contributed by atoms with Gasteiger partial charge in [0.25, 0.3) is 0 Å². The molecule has 7 nitrogen and oxygen atoms in total. The van der Waals surface area contributed by atoms with Gasteiger partial charge in [0.15, 0.2) is 0 Å². The normalized spacial score (nSPS) is 23.1. The molecule has 2 aliphatic rings. The maximum absolute atomic E-state index is 13.5. The van der Waals surface area contributed by atoms with E-state index in [1.165, 1.54) is 0 Å². The number of hydrogen-bond donors (Lipinski definition) is 1. The highest BCUT2D eigenvalue weighted by molar-refractivity contribution is 7.89. The summed E-state index contributed by atoms with van der Waals surface area (Å²) in [6, 6.07) is 6.80. The molecule has 2 saturated heterocycles. The third kappa shape index (κ3) is 3.00. The summed E-state index contributed by atoms with van der Waals surface area (Å²) in [5, 5.41) is 0.578. The molecule has 8 heteroatoms. The Hall–Kier alpha value is -1.74. The Kier molecular flexibility index (Phi) is 4.84. The molecule has 27 heavy (non-hydrogen) atoms. The number of aromatic nitrogens is 1. The summed E-state index contributed by atoms with van der Waals surface area (Å²) in [6.45, 7) is 2.76. The lowest BCUT2D eigenvalue weighted by molar-refractivity contribution is 0.00294. The quantitative estimate of drug-likeness (QED) is 0.851. The van der Waals surface area contributed by atoms with Gasteiger partial charge in [0.2, 0.25) is 10.0 Å². The second-order valence-corrected chi connectivity index (χ2v) is 9.28. The van der Waals surface area contributed by atoms with Crippen LogP contribution in [0.1, 0.15) is 12.8 Å². The lowest BCUT2D eigenvalue weighted by Gasteiger charge is -2.37. The topological polar surface area (TPSA) is 94.8 Å². The van der Waals surface area contributed by atoms with Gasteiger partial charge in [-0.3, -0.25) is 4.98 Å². The van der Waals surface area contributed by atoms with Crippen molar-refractivity contribution in [1.29, 1.82) is 0 Å². The molecule has 0 saturated carbocycles. The van der Waals surface area contributed by atoms with Gasteiger partial charge in [-0.1, -0.05) is 0 Å². The van der Waals surface area contributed by atoms with Crippen LogP contribution in [0.4, 0.5) is 0 Å². The zero-order valence-electron chi connectivity index (χ0n) is 15.4. The Morgan fingerprint density at radius 1 is 1.33 bits per heavy atom. The second kappa shape index (κ2) is 7.01. The Balaban J connectivity index is 1.75. The van der Waals surface area contributed by atoms with Crippen LogP contribution >= 0.6 is 0 Å². The SMILES string of the molecule is COc1ccc(S(=O)(=O)N2CC(CN)C3(CCOCC3)C2)c2cccnc12. The number of nitrogens with two attached hydrogens (primary N) is 1. The summed E-state index contributed by atoms with van der Waals surface area (Å²) in [7, 11) is -2.11. The van der Waals surface area contributed by atoms with Crippen molar-refractivity contribution in [1.82, 2.24) is 9.29 Å². The van der Waals surface area contributed by atoms with Crippen molar-refractivity contribution in [2.75, 3.05) is 40.0 Å². The number of benzene rings is 1. The summed E-state index contributed by atoms with van der Waals surface area (Å²) in [4.78, 5) is 4.59. The minimum absolute atomic E-state index is 0.0827. The maximum atomic E-state index is 13.5. The molecule has 4 rings (SSSR count). The molecule has 0 aliphatic carbocycles. The van der Waals surface area contributed by atoms with Crippen LogP contribution in [0.15, 0.2) is 35.4 Å². The highest BCUT2D eigenvalue weighted by Crippen LogP contribution is 2.46. The minimum Gasteiger partial charge on any atom is -0.494 e. The first-order chi connectivity index (χ1) is 13.0. The third-order valence-electron chi connectivity index (χ3n) is 6.08. The summed E-state index contributed by atoms with van der Waals surface area (Å²) in [6.07, 6.45) is 3.34. The number of rotatable bonds is 4. The van der Waals surface area contributed by atoms with Crippen molar-refractivity contribution in [3.63, 3.8) is 0 Å². The average molecular weight is 391 g/mol. The van der Waals surface area contributed by atoms with E-state index in [1.54, 1.807) is 41.9 Å². The van der Waals surface area contributed by atoms with Gasteiger partial charge in [0.05, 0.1) is 12.0 Å². The van der Waals surface area contributed by atoms with Crippen LogP contribution < -0.4 is 10.5 Å². The molecular weight excluding hydrogens is 366 g/mol. The standard InChI is InChI=1S/C19H25N3O4S/c1-25-16-4-5-17(15-3-2-8-21-18(15)16)27(23,24)22-12-14(11-20)19(13-22)6-9-26-10-7-19/h2-5,8,14H,6-7,9-13,20H2,1H3. The zero-order chi connectivity index (χ0) is 19.1. The van der Waals surface area contributed by atoms with E-state index in [2.05, 4.69) is 4.98 Å². The number of sulfonamides is 1. The molecule has 146 valence electrons. The first-order valence-corrected chi connectivity index (χ1v) is 10.7. The zero-order valence-corrected chi connectivity index (χ0v) is 16.2. The molecule has 2 aliphatic heterocycles. The predicted molar refractivity (Wildman–Crippen MR) is 102 cm³/mol. The molecule has 2 aromatic rings. The van der Waals surface area contributed by atoms with Crippen molar-refractivity contribution in [2.45, 2.75) is 17.7 Å². The number of nitrogens with zero attached hydrogens (tertiary/aromatic N) is 2. The summed E-state index contributed by atoms with van der Waals surface area (Å²) >= 11 is 0. The molecular formula is C19H25N3O4S. The van der Waals surface area contributed by atoms with Crippen LogP contribution in [0.3, 0.4) is 0 Å². The van der Waals surface area contributed by atoms with E-state index < -0.39 is 10.0 Å². The first kappa shape index (κ1) is 18.6. The molecule has 1 atom stereocenters. The van der Waals surface area contributed by atoms with Crippen molar-refractivity contribution in [3.05, 3.63) is 30.5 Å². The molecule has 0 bridgehead atoms. The number of pyridine rings is 1. The van der Waals surface area contributed by atoms with Gasteiger partial charge >= 0.3 is 0 Å². The Bertz CT molecular complexity index is 941. The Labute approximate surface area is 159 Å². The van der Waals surface area contributed by atoms with E-state index >= 15 is 0 Å². The second-order valence-electron chi connectivity index (χ2n) is 7.37. The molecule has 3 heterocycles. The van der Waals surface area contributed by atoms with Crippen LogP contribution in [-0.2, 0) is 14.8 Å². The first-order valence-electron chi connectivity index (χ1n) is 9.21. The molecule has 1 spiro atoms. The fourth-order valence-electron chi connectivity index (χ4n) is 4.49. The van der Waals surface area contributed by atoms with E-state index in [4.69, 9.17) is 15.2 Å². The number of methoxy groups -OCH3 is 1. The molecule has 1 aromatic heterocycles. The van der Waals surface area contributed by atoms with Crippen LogP contribution in [0.25, 0.3) is 10.9 Å². The third-order valence-corrected chi connectivity index (χ3v) is 7.95. The lowest BCUT2D eigenvalue weighted by atomic mass is 9.72. The fourth-order valence-corrected chi connectivity index (χ4v) is 6.25. The van der Waals surface area contributed by atoms with Crippen molar-refractivity contribution < 1.29 is 17.9 Å². The molecule has 0 radical (unpaired) electrons. The minimum atomic E-state index is -3.67. The van der Waals surface area contributed by atoms with Crippen LogP contribution in [-0.4, -0.2) is 57.7 Å². The van der Waals surface area contributed by atoms with E-state index in [1.807, 2.05) is 0 Å². The van der Waals surface area contributed by atoms with Gasteiger partial charge < -0.3 is 15.2 Å². The van der Waals surface area contributed by atoms with Crippen LogP contribution in [0.5, 0.6) is 5.75 Å². The smallest absolute Gasteiger partial charge is 0.243 e. The van der Waals surface area contributed by atoms with E-state index in [0.29, 0.717) is 49.5 Å². The average Bonchev–Trinajstić information content (AvgIpc) is 3.06. The molecule has 1 unspecified atom stereocenters. The highest BCUT2D eigenvalue weighted by Gasteiger charge is 2.50. The van der Waals surface area contributed by atoms with Gasteiger partial charge in [-0.05, 0) is 55.0 Å². The number of ether oxygens (including phenoxy) is 2.